The van der Waals surface area contributed by atoms with Gasteiger partial charge in [0.05, 0.1) is 0 Å². The topological polar surface area (TPSA) is 3.24 Å². The lowest BCUT2D eigenvalue weighted by Gasteiger charge is -2.28. The lowest BCUT2D eigenvalue weighted by atomic mass is 9.89. The highest BCUT2D eigenvalue weighted by molar-refractivity contribution is 5.95. The first kappa shape index (κ1) is 14.4. The molecule has 0 aromatic heterocycles. The Labute approximate surface area is 132 Å². The van der Waals surface area contributed by atoms with Crippen LogP contribution in [0.5, 0.6) is 0 Å². The molecule has 0 unspecified atom stereocenters. The van der Waals surface area contributed by atoms with E-state index in [1.165, 1.54) is 22.3 Å². The molecule has 2 heteroatoms. The molecule has 1 aliphatic carbocycles. The summed E-state index contributed by atoms with van der Waals surface area (Å²) in [5.74, 6) is 0. The number of halogens is 1. The van der Waals surface area contributed by atoms with Crippen LogP contribution in [0.2, 0.25) is 0 Å². The second-order valence-electron chi connectivity index (χ2n) is 5.94. The van der Waals surface area contributed by atoms with Crippen LogP contribution in [0.15, 0.2) is 48.5 Å². The zero-order valence-corrected chi connectivity index (χ0v) is 13.1. The molecule has 1 aliphatic heterocycles. The van der Waals surface area contributed by atoms with E-state index in [0.29, 0.717) is 0 Å². The Bertz CT molecular complexity index is 702. The minimum Gasteiger partial charge on any atom is -0.302 e. The van der Waals surface area contributed by atoms with Gasteiger partial charge in [-0.3, -0.25) is 0 Å². The Morgan fingerprint density at radius 3 is 2.05 bits per heavy atom. The zero-order chi connectivity index (χ0) is 13.5. The number of nitrogens with zero attached hydrogens (tertiary/aromatic N) is 1. The van der Waals surface area contributed by atoms with Gasteiger partial charge in [0.15, 0.2) is 0 Å². The van der Waals surface area contributed by atoms with E-state index < -0.39 is 0 Å². The summed E-state index contributed by atoms with van der Waals surface area (Å²) in [5.41, 5.74) is 9.01. The average Bonchev–Trinajstić information content (AvgIpc) is 2.61. The van der Waals surface area contributed by atoms with Gasteiger partial charge in [0.25, 0.3) is 0 Å². The second kappa shape index (κ2) is 5.67. The van der Waals surface area contributed by atoms with Crippen molar-refractivity contribution in [2.75, 3.05) is 20.1 Å². The molecule has 0 N–H and O–H groups in total. The van der Waals surface area contributed by atoms with Gasteiger partial charge in [0.2, 0.25) is 0 Å². The van der Waals surface area contributed by atoms with Gasteiger partial charge >= 0.3 is 0 Å². The minimum absolute atomic E-state index is 0. The normalized spacial score (nSPS) is 17.2. The highest BCUT2D eigenvalue weighted by atomic mass is 35.5. The monoisotopic (exact) mass is 297 g/mol. The molecule has 21 heavy (non-hydrogen) atoms. The third kappa shape index (κ3) is 2.41. The maximum absolute atomic E-state index is 2.43. The van der Waals surface area contributed by atoms with Crippen molar-refractivity contribution in [1.29, 1.82) is 0 Å². The van der Waals surface area contributed by atoms with E-state index in [9.17, 15) is 0 Å². The third-order valence-electron chi connectivity index (χ3n) is 4.60. The van der Waals surface area contributed by atoms with Gasteiger partial charge in [-0.25, -0.2) is 0 Å². The van der Waals surface area contributed by atoms with E-state index in [4.69, 9.17) is 0 Å². The quantitative estimate of drug-likeness (QED) is 0.702. The van der Waals surface area contributed by atoms with Crippen LogP contribution in [0.4, 0.5) is 0 Å². The molecule has 2 aromatic carbocycles. The predicted octanol–water partition coefficient (Wildman–Crippen LogP) is 4.26. The van der Waals surface area contributed by atoms with E-state index in [1.807, 2.05) is 0 Å². The van der Waals surface area contributed by atoms with E-state index in [0.717, 1.165) is 25.9 Å². The Morgan fingerprint density at radius 2 is 1.38 bits per heavy atom. The maximum Gasteiger partial charge on any atom is 0.0239 e. The molecule has 0 amide bonds. The van der Waals surface area contributed by atoms with Crippen LogP contribution in [0, 0.1) is 0 Å². The molecule has 4 rings (SSSR count). The summed E-state index contributed by atoms with van der Waals surface area (Å²) in [4.78, 5) is 2.43. The molecule has 2 aromatic rings. The average molecular weight is 298 g/mol. The van der Waals surface area contributed by atoms with Gasteiger partial charge in [0.1, 0.15) is 0 Å². The molecule has 0 atom stereocenters. The first-order chi connectivity index (χ1) is 9.83. The molecule has 0 radical (unpaired) electrons. The summed E-state index contributed by atoms with van der Waals surface area (Å²) >= 11 is 0. The van der Waals surface area contributed by atoms with Gasteiger partial charge in [0, 0.05) is 13.1 Å². The fourth-order valence-electron chi connectivity index (χ4n) is 3.59. The van der Waals surface area contributed by atoms with Crippen molar-refractivity contribution in [2.24, 2.45) is 0 Å². The van der Waals surface area contributed by atoms with Crippen molar-refractivity contribution in [1.82, 2.24) is 4.90 Å². The number of benzene rings is 2. The van der Waals surface area contributed by atoms with Gasteiger partial charge < -0.3 is 4.90 Å². The molecule has 1 heterocycles. The summed E-state index contributed by atoms with van der Waals surface area (Å²) < 4.78 is 0. The molecule has 0 saturated heterocycles. The van der Waals surface area contributed by atoms with Crippen LogP contribution >= 0.6 is 12.4 Å². The van der Waals surface area contributed by atoms with Crippen molar-refractivity contribution < 1.29 is 0 Å². The van der Waals surface area contributed by atoms with Crippen molar-refractivity contribution in [3.05, 3.63) is 70.8 Å². The number of fused-ring (bicyclic) bond motifs is 4. The van der Waals surface area contributed by atoms with Crippen LogP contribution in [0.3, 0.4) is 0 Å². The SMILES string of the molecule is CN1CCC2=C(C1)c1ccccc1Cc1ccccc12.Cl. The fraction of sp³-hybridized carbons (Fsp3) is 0.263. The van der Waals surface area contributed by atoms with Gasteiger partial charge in [-0.15, -0.1) is 12.4 Å². The van der Waals surface area contributed by atoms with Crippen LogP contribution in [0.25, 0.3) is 11.1 Å². The van der Waals surface area contributed by atoms with Crippen LogP contribution in [-0.4, -0.2) is 25.0 Å². The Balaban J connectivity index is 0.00000132. The predicted molar refractivity (Wildman–Crippen MR) is 91.9 cm³/mol. The smallest absolute Gasteiger partial charge is 0.0239 e. The van der Waals surface area contributed by atoms with Crippen molar-refractivity contribution in [2.45, 2.75) is 12.8 Å². The molecule has 108 valence electrons. The Kier molecular flexibility index (Phi) is 3.88. The summed E-state index contributed by atoms with van der Waals surface area (Å²) in [6, 6.07) is 17.9. The van der Waals surface area contributed by atoms with Crippen molar-refractivity contribution >= 4 is 23.6 Å². The largest absolute Gasteiger partial charge is 0.302 e. The summed E-state index contributed by atoms with van der Waals surface area (Å²) in [5, 5.41) is 0. The maximum atomic E-state index is 2.43. The Morgan fingerprint density at radius 1 is 0.810 bits per heavy atom. The molecular formula is C19H20ClN. The number of hydrogen-bond donors (Lipinski definition) is 0. The van der Waals surface area contributed by atoms with Crippen molar-refractivity contribution in [3.63, 3.8) is 0 Å². The third-order valence-corrected chi connectivity index (χ3v) is 4.60. The Hall–Kier alpha value is -1.57. The standard InChI is InChI=1S/C19H19N.ClH/c1-20-11-10-18-16-8-4-2-6-14(16)12-15-7-3-5-9-17(15)19(18)13-20;/h2-9H,10-13H2,1H3;1H. The van der Waals surface area contributed by atoms with E-state index in [2.05, 4.69) is 60.5 Å². The molecular weight excluding hydrogens is 278 g/mol. The number of rotatable bonds is 0. The summed E-state index contributed by atoms with van der Waals surface area (Å²) in [6.07, 6.45) is 2.22. The first-order valence-electron chi connectivity index (χ1n) is 7.40. The zero-order valence-electron chi connectivity index (χ0n) is 12.3. The van der Waals surface area contributed by atoms with E-state index in [1.54, 1.807) is 11.1 Å². The molecule has 2 aliphatic rings. The van der Waals surface area contributed by atoms with Crippen LogP contribution in [-0.2, 0) is 6.42 Å². The number of likely N-dealkylation sites (N-methyl/N-ethyl adjacent to an activating group) is 1. The van der Waals surface area contributed by atoms with Crippen molar-refractivity contribution in [3.8, 4) is 0 Å². The lowest BCUT2D eigenvalue weighted by molar-refractivity contribution is 0.376. The first-order valence-corrected chi connectivity index (χ1v) is 7.40. The molecule has 1 nitrogen and oxygen atoms in total. The molecule has 0 fully saturated rings. The molecule has 0 bridgehead atoms. The summed E-state index contributed by atoms with van der Waals surface area (Å²) in [6.45, 7) is 2.23. The van der Waals surface area contributed by atoms with Crippen LogP contribution < -0.4 is 0 Å². The number of hydrogen-bond acceptors (Lipinski definition) is 1. The van der Waals surface area contributed by atoms with Gasteiger partial charge in [-0.1, -0.05) is 48.5 Å². The van der Waals surface area contributed by atoms with Crippen LogP contribution in [0.1, 0.15) is 28.7 Å². The molecule has 0 saturated carbocycles. The lowest BCUT2D eigenvalue weighted by Crippen LogP contribution is -2.27. The minimum atomic E-state index is 0. The fourth-order valence-corrected chi connectivity index (χ4v) is 3.59. The highest BCUT2D eigenvalue weighted by Crippen LogP contribution is 2.39. The van der Waals surface area contributed by atoms with Gasteiger partial charge in [-0.05, 0) is 53.3 Å². The highest BCUT2D eigenvalue weighted by Gasteiger charge is 2.24. The van der Waals surface area contributed by atoms with E-state index in [-0.39, 0.29) is 12.4 Å². The summed E-state index contributed by atoms with van der Waals surface area (Å²) in [7, 11) is 2.23. The van der Waals surface area contributed by atoms with Gasteiger partial charge in [-0.2, -0.15) is 0 Å². The second-order valence-corrected chi connectivity index (χ2v) is 5.94. The molecule has 0 spiro atoms. The van der Waals surface area contributed by atoms with E-state index >= 15 is 0 Å².